The summed E-state index contributed by atoms with van der Waals surface area (Å²) in [6, 6.07) is 12.4. The topological polar surface area (TPSA) is 16.8 Å². The van der Waals surface area contributed by atoms with Gasteiger partial charge in [0.2, 0.25) is 5.69 Å². The third-order valence-corrected chi connectivity index (χ3v) is 3.62. The molecule has 0 aliphatic carbocycles. The van der Waals surface area contributed by atoms with Gasteiger partial charge in [-0.05, 0) is 24.6 Å². The highest BCUT2D eigenvalue weighted by Crippen LogP contribution is 2.11. The standard InChI is InChI=1S/C18H25N2.BrH/c1-2-3-4-5-6-10-15-20-16-11-8-13-18(20)17-12-7-9-14-19-17;/h7-9,11-14,16H,2-6,10,15H2,1H3;1H/q+1;/p-1. The highest BCUT2D eigenvalue weighted by Gasteiger charge is 2.12. The minimum absolute atomic E-state index is 0. The molecule has 21 heavy (non-hydrogen) atoms. The molecule has 0 atom stereocenters. The van der Waals surface area contributed by atoms with Crippen molar-refractivity contribution < 1.29 is 21.5 Å². The predicted octanol–water partition coefficient (Wildman–Crippen LogP) is 1.40. The van der Waals surface area contributed by atoms with E-state index in [-0.39, 0.29) is 17.0 Å². The summed E-state index contributed by atoms with van der Waals surface area (Å²) in [7, 11) is 0. The average Bonchev–Trinajstić information content (AvgIpc) is 2.52. The molecular weight excluding hydrogens is 324 g/mol. The van der Waals surface area contributed by atoms with Crippen molar-refractivity contribution in [2.75, 3.05) is 0 Å². The Morgan fingerprint density at radius 2 is 1.67 bits per heavy atom. The molecule has 2 heterocycles. The van der Waals surface area contributed by atoms with Gasteiger partial charge in [0.05, 0.1) is 0 Å². The van der Waals surface area contributed by atoms with Gasteiger partial charge in [0.1, 0.15) is 12.2 Å². The summed E-state index contributed by atoms with van der Waals surface area (Å²) in [6.45, 7) is 3.35. The molecular formula is C18H25BrN2. The number of rotatable bonds is 8. The molecule has 0 unspecified atom stereocenters. The van der Waals surface area contributed by atoms with Crippen molar-refractivity contribution in [3.63, 3.8) is 0 Å². The molecule has 0 fully saturated rings. The minimum atomic E-state index is 0. The van der Waals surface area contributed by atoms with Crippen molar-refractivity contribution in [2.24, 2.45) is 0 Å². The quantitative estimate of drug-likeness (QED) is 0.520. The van der Waals surface area contributed by atoms with Gasteiger partial charge in [-0.2, -0.15) is 4.57 Å². The van der Waals surface area contributed by atoms with E-state index in [1.807, 2.05) is 18.3 Å². The smallest absolute Gasteiger partial charge is 0.231 e. The number of unbranched alkanes of at least 4 members (excludes halogenated alkanes) is 5. The second-order valence-corrected chi connectivity index (χ2v) is 5.26. The Hall–Kier alpha value is -1.22. The molecule has 0 aromatic carbocycles. The largest absolute Gasteiger partial charge is 1.00 e. The molecule has 0 radical (unpaired) electrons. The van der Waals surface area contributed by atoms with Crippen LogP contribution in [0.25, 0.3) is 11.4 Å². The zero-order valence-corrected chi connectivity index (χ0v) is 14.4. The maximum absolute atomic E-state index is 4.46. The van der Waals surface area contributed by atoms with Crippen LogP contribution in [0, 0.1) is 0 Å². The fourth-order valence-electron chi connectivity index (χ4n) is 2.48. The number of hydrogen-bond donors (Lipinski definition) is 0. The van der Waals surface area contributed by atoms with E-state index < -0.39 is 0 Å². The summed E-state index contributed by atoms with van der Waals surface area (Å²) in [5, 5.41) is 0. The lowest BCUT2D eigenvalue weighted by molar-refractivity contribution is -0.686. The van der Waals surface area contributed by atoms with E-state index in [0.29, 0.717) is 0 Å². The van der Waals surface area contributed by atoms with Gasteiger partial charge in [-0.1, -0.05) is 38.7 Å². The number of hydrogen-bond acceptors (Lipinski definition) is 1. The summed E-state index contributed by atoms with van der Waals surface area (Å²) in [5.41, 5.74) is 2.26. The molecule has 0 N–H and O–H groups in total. The summed E-state index contributed by atoms with van der Waals surface area (Å²) in [6.07, 6.45) is 12.0. The highest BCUT2D eigenvalue weighted by atomic mass is 79.9. The van der Waals surface area contributed by atoms with Crippen LogP contribution < -0.4 is 21.5 Å². The van der Waals surface area contributed by atoms with E-state index in [9.17, 15) is 0 Å². The molecule has 2 aromatic heterocycles. The van der Waals surface area contributed by atoms with Gasteiger partial charge < -0.3 is 17.0 Å². The predicted molar refractivity (Wildman–Crippen MR) is 83.2 cm³/mol. The lowest BCUT2D eigenvalue weighted by Crippen LogP contribution is -3.00. The second kappa shape index (κ2) is 10.5. The molecule has 3 heteroatoms. The Kier molecular flexibility index (Phi) is 8.91. The zero-order valence-electron chi connectivity index (χ0n) is 12.8. The molecule has 0 saturated carbocycles. The van der Waals surface area contributed by atoms with Crippen LogP contribution in [0.5, 0.6) is 0 Å². The van der Waals surface area contributed by atoms with Crippen molar-refractivity contribution in [2.45, 2.75) is 52.0 Å². The van der Waals surface area contributed by atoms with Crippen LogP contribution in [0.2, 0.25) is 0 Å². The van der Waals surface area contributed by atoms with Crippen LogP contribution >= 0.6 is 0 Å². The fraction of sp³-hybridized carbons (Fsp3) is 0.444. The molecule has 114 valence electrons. The normalized spacial score (nSPS) is 10.1. The second-order valence-electron chi connectivity index (χ2n) is 5.26. The minimum Gasteiger partial charge on any atom is -1.00 e. The van der Waals surface area contributed by atoms with E-state index >= 15 is 0 Å². The van der Waals surface area contributed by atoms with Crippen LogP contribution in [0.4, 0.5) is 0 Å². The maximum Gasteiger partial charge on any atom is 0.231 e. The molecule has 0 amide bonds. The van der Waals surface area contributed by atoms with Gasteiger partial charge in [0.25, 0.3) is 0 Å². The molecule has 2 aromatic rings. The summed E-state index contributed by atoms with van der Waals surface area (Å²) < 4.78 is 2.32. The van der Waals surface area contributed by atoms with E-state index in [1.54, 1.807) is 0 Å². The molecule has 2 rings (SSSR count). The molecule has 0 bridgehead atoms. The van der Waals surface area contributed by atoms with Gasteiger partial charge in [-0.3, -0.25) is 0 Å². The first-order valence-electron chi connectivity index (χ1n) is 7.81. The number of nitrogens with zero attached hydrogens (tertiary/aromatic N) is 2. The Morgan fingerprint density at radius 1 is 0.905 bits per heavy atom. The van der Waals surface area contributed by atoms with Crippen molar-refractivity contribution >= 4 is 0 Å². The van der Waals surface area contributed by atoms with Gasteiger partial charge in [-0.25, -0.2) is 4.98 Å². The van der Waals surface area contributed by atoms with Crippen LogP contribution in [0.3, 0.4) is 0 Å². The van der Waals surface area contributed by atoms with Crippen LogP contribution in [0.15, 0.2) is 48.8 Å². The van der Waals surface area contributed by atoms with Crippen molar-refractivity contribution in [3.8, 4) is 11.4 Å². The third-order valence-electron chi connectivity index (χ3n) is 3.62. The highest BCUT2D eigenvalue weighted by molar-refractivity contribution is 5.49. The molecule has 0 aliphatic heterocycles. The lowest BCUT2D eigenvalue weighted by atomic mass is 10.1. The zero-order chi connectivity index (χ0) is 14.0. The molecule has 0 aliphatic rings. The molecule has 0 saturated heterocycles. The Labute approximate surface area is 139 Å². The van der Waals surface area contributed by atoms with Crippen molar-refractivity contribution in [3.05, 3.63) is 48.8 Å². The summed E-state index contributed by atoms with van der Waals surface area (Å²) in [4.78, 5) is 4.46. The van der Waals surface area contributed by atoms with Gasteiger partial charge >= 0.3 is 0 Å². The van der Waals surface area contributed by atoms with E-state index in [0.717, 1.165) is 12.2 Å². The van der Waals surface area contributed by atoms with Crippen LogP contribution in [-0.2, 0) is 6.54 Å². The molecule has 2 nitrogen and oxygen atoms in total. The van der Waals surface area contributed by atoms with Crippen LogP contribution in [0.1, 0.15) is 45.4 Å². The van der Waals surface area contributed by atoms with E-state index in [1.165, 1.54) is 44.2 Å². The van der Waals surface area contributed by atoms with Gasteiger partial charge in [-0.15, -0.1) is 0 Å². The number of aryl methyl sites for hydroxylation is 1. The number of pyridine rings is 2. The maximum atomic E-state index is 4.46. The lowest BCUT2D eigenvalue weighted by Gasteiger charge is -2.03. The first kappa shape index (κ1) is 17.8. The number of halogens is 1. The fourth-order valence-corrected chi connectivity index (χ4v) is 2.48. The number of aromatic nitrogens is 2. The first-order valence-corrected chi connectivity index (χ1v) is 7.81. The SMILES string of the molecule is CCCCCCCC[n+]1ccccc1-c1ccccn1.[Br-]. The summed E-state index contributed by atoms with van der Waals surface area (Å²) in [5.74, 6) is 0. The first-order chi connectivity index (χ1) is 9.92. The van der Waals surface area contributed by atoms with E-state index in [4.69, 9.17) is 0 Å². The Morgan fingerprint density at radius 3 is 2.43 bits per heavy atom. The van der Waals surface area contributed by atoms with Crippen molar-refractivity contribution in [1.29, 1.82) is 0 Å². The van der Waals surface area contributed by atoms with Gasteiger partial charge in [0.15, 0.2) is 6.20 Å². The molecule has 0 spiro atoms. The Bertz CT molecular complexity index is 500. The van der Waals surface area contributed by atoms with Crippen molar-refractivity contribution in [1.82, 2.24) is 4.98 Å². The third kappa shape index (κ3) is 5.96. The van der Waals surface area contributed by atoms with Gasteiger partial charge in [0, 0.05) is 24.8 Å². The van der Waals surface area contributed by atoms with E-state index in [2.05, 4.69) is 46.9 Å². The average molecular weight is 349 g/mol. The summed E-state index contributed by atoms with van der Waals surface area (Å²) >= 11 is 0. The van der Waals surface area contributed by atoms with Crippen LogP contribution in [-0.4, -0.2) is 4.98 Å². The Balaban J connectivity index is 0.00000220. The monoisotopic (exact) mass is 348 g/mol.